The van der Waals surface area contributed by atoms with Crippen LogP contribution in [0.2, 0.25) is 0 Å². The van der Waals surface area contributed by atoms with Crippen LogP contribution in [0, 0.1) is 0 Å². The molecule has 6 aromatic rings. The number of aromatic nitrogens is 8. The number of fused-ring (bicyclic) bond motifs is 3. The molecular weight excluding hydrogens is 420 g/mol. The van der Waals surface area contributed by atoms with Gasteiger partial charge in [0.1, 0.15) is 11.2 Å². The fraction of sp³-hybridized carbons (Fsp3) is 0.0435. The van der Waals surface area contributed by atoms with Crippen molar-refractivity contribution in [1.82, 2.24) is 40.1 Å². The second-order valence-corrected chi connectivity index (χ2v) is 7.49. The number of pyridine rings is 2. The molecule has 6 heterocycles. The van der Waals surface area contributed by atoms with Crippen LogP contribution in [0.3, 0.4) is 0 Å². The first kappa shape index (κ1) is 17.8. The minimum absolute atomic E-state index is 0.226. The summed E-state index contributed by atoms with van der Waals surface area (Å²) in [6, 6.07) is 9.60. The molecule has 33 heavy (non-hydrogen) atoms. The van der Waals surface area contributed by atoms with Gasteiger partial charge in [0.15, 0.2) is 23.0 Å². The SMILES string of the molecule is c1cnc(-c2ccc3[nH]nc(-c4nc5c(-c6ccc7c(c6)OCO7)cncc5[nH]4)c3n2)cn1. The van der Waals surface area contributed by atoms with Gasteiger partial charge in [0, 0.05) is 24.2 Å². The van der Waals surface area contributed by atoms with Crippen LogP contribution in [-0.2, 0) is 0 Å². The summed E-state index contributed by atoms with van der Waals surface area (Å²) >= 11 is 0. The minimum Gasteiger partial charge on any atom is -0.454 e. The lowest BCUT2D eigenvalue weighted by Gasteiger charge is -2.03. The molecule has 7 rings (SSSR count). The van der Waals surface area contributed by atoms with Gasteiger partial charge < -0.3 is 14.5 Å². The monoisotopic (exact) mass is 434 g/mol. The highest BCUT2D eigenvalue weighted by Crippen LogP contribution is 2.38. The van der Waals surface area contributed by atoms with Gasteiger partial charge in [-0.25, -0.2) is 9.97 Å². The van der Waals surface area contributed by atoms with E-state index in [-0.39, 0.29) is 6.79 Å². The lowest BCUT2D eigenvalue weighted by atomic mass is 10.1. The van der Waals surface area contributed by atoms with Crippen LogP contribution in [0.15, 0.2) is 61.3 Å². The molecule has 1 aliphatic heterocycles. The van der Waals surface area contributed by atoms with Gasteiger partial charge in [-0.1, -0.05) is 6.07 Å². The number of rotatable bonds is 3. The number of H-pyrrole nitrogens is 2. The van der Waals surface area contributed by atoms with Gasteiger partial charge in [-0.15, -0.1) is 0 Å². The molecular formula is C23H14N8O2. The summed E-state index contributed by atoms with van der Waals surface area (Å²) in [5.74, 6) is 2.03. The van der Waals surface area contributed by atoms with Crippen molar-refractivity contribution < 1.29 is 9.47 Å². The van der Waals surface area contributed by atoms with Crippen LogP contribution in [0.1, 0.15) is 0 Å². The van der Waals surface area contributed by atoms with Crippen LogP contribution in [0.5, 0.6) is 11.5 Å². The van der Waals surface area contributed by atoms with Crippen molar-refractivity contribution in [1.29, 1.82) is 0 Å². The summed E-state index contributed by atoms with van der Waals surface area (Å²) in [6.07, 6.45) is 8.48. The fourth-order valence-electron chi connectivity index (χ4n) is 3.96. The molecule has 0 atom stereocenters. The number of imidazole rings is 1. The largest absolute Gasteiger partial charge is 0.454 e. The van der Waals surface area contributed by atoms with Gasteiger partial charge in [-0.3, -0.25) is 20.1 Å². The molecule has 0 fully saturated rings. The highest BCUT2D eigenvalue weighted by Gasteiger charge is 2.19. The van der Waals surface area contributed by atoms with Crippen LogP contribution >= 0.6 is 0 Å². The maximum absolute atomic E-state index is 5.53. The normalized spacial score (nSPS) is 12.6. The Labute approximate surface area is 185 Å². The number of nitrogens with zero attached hydrogens (tertiary/aromatic N) is 6. The molecule has 5 aromatic heterocycles. The summed E-state index contributed by atoms with van der Waals surface area (Å²) in [4.78, 5) is 25.8. The highest BCUT2D eigenvalue weighted by molar-refractivity contribution is 5.96. The van der Waals surface area contributed by atoms with Crippen molar-refractivity contribution in [2.75, 3.05) is 6.79 Å². The van der Waals surface area contributed by atoms with E-state index in [1.54, 1.807) is 31.0 Å². The van der Waals surface area contributed by atoms with Crippen molar-refractivity contribution in [3.8, 4) is 45.5 Å². The molecule has 0 radical (unpaired) electrons. The van der Waals surface area contributed by atoms with Gasteiger partial charge in [0.2, 0.25) is 6.79 Å². The van der Waals surface area contributed by atoms with Crippen molar-refractivity contribution in [2.24, 2.45) is 0 Å². The summed E-state index contributed by atoms with van der Waals surface area (Å²) < 4.78 is 11.0. The molecule has 10 nitrogen and oxygen atoms in total. The Morgan fingerprint density at radius 2 is 1.76 bits per heavy atom. The third kappa shape index (κ3) is 2.81. The zero-order valence-corrected chi connectivity index (χ0v) is 17.0. The number of aromatic amines is 2. The van der Waals surface area contributed by atoms with Crippen molar-refractivity contribution in [3.63, 3.8) is 0 Å². The maximum atomic E-state index is 5.53. The van der Waals surface area contributed by atoms with Crippen LogP contribution < -0.4 is 9.47 Å². The Hall–Kier alpha value is -4.86. The summed E-state index contributed by atoms with van der Waals surface area (Å²) in [6.45, 7) is 0.226. The van der Waals surface area contributed by atoms with E-state index >= 15 is 0 Å². The topological polar surface area (TPSA) is 127 Å². The third-order valence-corrected chi connectivity index (χ3v) is 5.54. The summed E-state index contributed by atoms with van der Waals surface area (Å²) in [5, 5.41) is 7.50. The summed E-state index contributed by atoms with van der Waals surface area (Å²) in [7, 11) is 0. The van der Waals surface area contributed by atoms with E-state index in [9.17, 15) is 0 Å². The standard InChI is InChI=1S/C23H14N8O2/c1-4-18-19(33-11-32-18)7-12(1)13-8-25-10-17-20(13)29-23(28-17)22-21-15(30-31-22)3-2-14(27-21)16-9-24-5-6-26-16/h1-10H,11H2,(H,28,29)(H,30,31). The minimum atomic E-state index is 0.226. The predicted octanol–water partition coefficient (Wildman–Crippen LogP) is 3.75. The molecule has 2 N–H and O–H groups in total. The van der Waals surface area contributed by atoms with Crippen molar-refractivity contribution in [3.05, 3.63) is 61.3 Å². The van der Waals surface area contributed by atoms with E-state index in [0.717, 1.165) is 33.4 Å². The van der Waals surface area contributed by atoms with Gasteiger partial charge >= 0.3 is 0 Å². The molecule has 0 bridgehead atoms. The molecule has 0 unspecified atom stereocenters. The molecule has 158 valence electrons. The van der Waals surface area contributed by atoms with Crippen LogP contribution in [0.4, 0.5) is 0 Å². The maximum Gasteiger partial charge on any atom is 0.231 e. The first-order chi connectivity index (χ1) is 16.3. The molecule has 0 aliphatic carbocycles. The van der Waals surface area contributed by atoms with Crippen molar-refractivity contribution in [2.45, 2.75) is 0 Å². The third-order valence-electron chi connectivity index (χ3n) is 5.54. The van der Waals surface area contributed by atoms with E-state index in [1.807, 2.05) is 30.3 Å². The molecule has 0 saturated heterocycles. The molecule has 0 saturated carbocycles. The Morgan fingerprint density at radius 1 is 0.788 bits per heavy atom. The molecule has 0 amide bonds. The van der Waals surface area contributed by atoms with Gasteiger partial charge in [-0.2, -0.15) is 5.10 Å². The number of ether oxygens (including phenoxy) is 2. The zero-order valence-electron chi connectivity index (χ0n) is 17.0. The lowest BCUT2D eigenvalue weighted by Crippen LogP contribution is -1.92. The van der Waals surface area contributed by atoms with E-state index in [0.29, 0.717) is 34.2 Å². The quantitative estimate of drug-likeness (QED) is 0.431. The predicted molar refractivity (Wildman–Crippen MR) is 119 cm³/mol. The Bertz CT molecular complexity index is 1660. The first-order valence-electron chi connectivity index (χ1n) is 10.2. The first-order valence-corrected chi connectivity index (χ1v) is 10.2. The fourth-order valence-corrected chi connectivity index (χ4v) is 3.96. The second-order valence-electron chi connectivity index (χ2n) is 7.49. The van der Waals surface area contributed by atoms with Gasteiger partial charge in [0.25, 0.3) is 0 Å². The van der Waals surface area contributed by atoms with Gasteiger partial charge in [-0.05, 0) is 29.8 Å². The molecule has 1 aromatic carbocycles. The van der Waals surface area contributed by atoms with Crippen molar-refractivity contribution >= 4 is 22.1 Å². The average molecular weight is 434 g/mol. The van der Waals surface area contributed by atoms with Crippen LogP contribution in [0.25, 0.3) is 56.1 Å². The highest BCUT2D eigenvalue weighted by atomic mass is 16.7. The Balaban J connectivity index is 1.37. The number of hydrogen-bond donors (Lipinski definition) is 2. The van der Waals surface area contributed by atoms with E-state index < -0.39 is 0 Å². The van der Waals surface area contributed by atoms with E-state index in [2.05, 4.69) is 30.1 Å². The van der Waals surface area contributed by atoms with Crippen LogP contribution in [-0.4, -0.2) is 46.9 Å². The number of nitrogens with one attached hydrogen (secondary N) is 2. The summed E-state index contributed by atoms with van der Waals surface area (Å²) in [5.41, 5.74) is 6.88. The van der Waals surface area contributed by atoms with E-state index in [4.69, 9.17) is 19.4 Å². The smallest absolute Gasteiger partial charge is 0.231 e. The Morgan fingerprint density at radius 3 is 2.70 bits per heavy atom. The Kier molecular flexibility index (Phi) is 3.68. The zero-order chi connectivity index (χ0) is 21.8. The number of benzene rings is 1. The average Bonchev–Trinajstić information content (AvgIpc) is 3.60. The van der Waals surface area contributed by atoms with Gasteiger partial charge in [0.05, 0.1) is 34.6 Å². The molecule has 1 aliphatic rings. The lowest BCUT2D eigenvalue weighted by molar-refractivity contribution is 0.174. The number of hydrogen-bond acceptors (Lipinski definition) is 8. The molecule has 10 heteroatoms. The second kappa shape index (κ2) is 6.82. The molecule has 0 spiro atoms. The van der Waals surface area contributed by atoms with E-state index in [1.165, 1.54) is 0 Å².